The average molecular weight is 452 g/mol. The fraction of sp³-hybridized carbons (Fsp3) is 0.304. The van der Waals surface area contributed by atoms with Crippen LogP contribution >= 0.6 is 11.3 Å². The Kier molecular flexibility index (Phi) is 7.08. The number of likely N-dealkylation sites (tertiary alicyclic amines) is 1. The Morgan fingerprint density at radius 2 is 2.16 bits per heavy atom. The number of anilines is 1. The summed E-state index contributed by atoms with van der Waals surface area (Å²) < 4.78 is 5.41. The van der Waals surface area contributed by atoms with E-state index in [1.54, 1.807) is 41.7 Å². The van der Waals surface area contributed by atoms with Crippen molar-refractivity contribution in [3.05, 3.63) is 65.9 Å². The number of rotatable bonds is 8. The van der Waals surface area contributed by atoms with Gasteiger partial charge in [0.05, 0.1) is 28.6 Å². The van der Waals surface area contributed by atoms with Crippen molar-refractivity contribution in [3.8, 4) is 10.7 Å². The molecule has 1 unspecified atom stereocenters. The largest absolute Gasteiger partial charge is 0.349 e. The van der Waals surface area contributed by atoms with Crippen LogP contribution in [0.2, 0.25) is 0 Å². The van der Waals surface area contributed by atoms with Crippen molar-refractivity contribution in [3.63, 3.8) is 0 Å². The number of nitrogens with zero attached hydrogens (tertiary/aromatic N) is 3. The Balaban J connectivity index is 1.37. The van der Waals surface area contributed by atoms with Gasteiger partial charge in [-0.25, -0.2) is 0 Å². The summed E-state index contributed by atoms with van der Waals surface area (Å²) in [6, 6.07) is 10.9. The number of hydrogen-bond donors (Lipinski definition) is 2. The minimum Gasteiger partial charge on any atom is -0.349 e. The van der Waals surface area contributed by atoms with E-state index in [1.807, 2.05) is 17.5 Å². The van der Waals surface area contributed by atoms with Crippen molar-refractivity contribution in [2.45, 2.75) is 19.4 Å². The molecule has 2 aromatic heterocycles. The van der Waals surface area contributed by atoms with Gasteiger partial charge in [0, 0.05) is 13.1 Å². The molecule has 8 nitrogen and oxygen atoms in total. The second-order valence-electron chi connectivity index (χ2n) is 7.60. The van der Waals surface area contributed by atoms with Gasteiger partial charge in [0.1, 0.15) is 0 Å². The van der Waals surface area contributed by atoms with Crippen LogP contribution in [0.4, 0.5) is 5.69 Å². The van der Waals surface area contributed by atoms with Gasteiger partial charge in [0.2, 0.25) is 17.6 Å². The van der Waals surface area contributed by atoms with E-state index in [2.05, 4.69) is 32.3 Å². The number of benzene rings is 1. The van der Waals surface area contributed by atoms with Gasteiger partial charge in [-0.2, -0.15) is 4.98 Å². The maximum absolute atomic E-state index is 13.0. The minimum absolute atomic E-state index is 0.0940. The summed E-state index contributed by atoms with van der Waals surface area (Å²) >= 11 is 1.56. The van der Waals surface area contributed by atoms with E-state index in [0.717, 1.165) is 24.3 Å². The first-order valence-corrected chi connectivity index (χ1v) is 11.4. The molecular weight excluding hydrogens is 426 g/mol. The lowest BCUT2D eigenvalue weighted by atomic mass is 9.96. The number of amides is 2. The zero-order valence-corrected chi connectivity index (χ0v) is 18.4. The number of piperidine rings is 1. The van der Waals surface area contributed by atoms with Crippen LogP contribution in [-0.4, -0.2) is 46.5 Å². The lowest BCUT2D eigenvalue weighted by Crippen LogP contribution is -2.40. The van der Waals surface area contributed by atoms with Crippen molar-refractivity contribution in [1.82, 2.24) is 20.4 Å². The second-order valence-corrected chi connectivity index (χ2v) is 8.54. The monoisotopic (exact) mass is 451 g/mol. The van der Waals surface area contributed by atoms with E-state index in [1.165, 1.54) is 0 Å². The molecule has 0 aliphatic carbocycles. The number of carbonyl (C=O) groups excluding carboxylic acids is 2. The third kappa shape index (κ3) is 5.30. The number of carbonyl (C=O) groups is 2. The third-order valence-electron chi connectivity index (χ3n) is 5.28. The van der Waals surface area contributed by atoms with Gasteiger partial charge in [-0.1, -0.05) is 29.4 Å². The van der Waals surface area contributed by atoms with E-state index in [-0.39, 0.29) is 17.7 Å². The molecule has 1 fully saturated rings. The van der Waals surface area contributed by atoms with Crippen LogP contribution in [0.5, 0.6) is 0 Å². The van der Waals surface area contributed by atoms with Crippen molar-refractivity contribution in [2.24, 2.45) is 5.92 Å². The van der Waals surface area contributed by atoms with Crippen LogP contribution < -0.4 is 10.6 Å². The lowest BCUT2D eigenvalue weighted by molar-refractivity contribution is -0.121. The maximum Gasteiger partial charge on any atom is 0.253 e. The molecule has 1 aliphatic rings. The van der Waals surface area contributed by atoms with E-state index in [9.17, 15) is 9.59 Å². The minimum atomic E-state index is -0.246. The van der Waals surface area contributed by atoms with E-state index in [4.69, 9.17) is 4.52 Å². The number of nitrogens with one attached hydrogen (secondary N) is 2. The Hall–Kier alpha value is -3.30. The first-order chi connectivity index (χ1) is 15.6. The highest BCUT2D eigenvalue weighted by Gasteiger charge is 2.27. The molecule has 9 heteroatoms. The second kappa shape index (κ2) is 10.3. The zero-order chi connectivity index (χ0) is 22.3. The molecule has 0 radical (unpaired) electrons. The Labute approximate surface area is 190 Å². The Bertz CT molecular complexity index is 1080. The highest BCUT2D eigenvalue weighted by atomic mass is 32.1. The van der Waals surface area contributed by atoms with Gasteiger partial charge in [-0.05, 0) is 43.0 Å². The van der Waals surface area contributed by atoms with Crippen LogP contribution in [0, 0.1) is 5.92 Å². The molecule has 0 saturated carbocycles. The molecule has 2 amide bonds. The fourth-order valence-corrected chi connectivity index (χ4v) is 4.36. The predicted molar refractivity (Wildman–Crippen MR) is 123 cm³/mol. The molecule has 0 spiro atoms. The lowest BCUT2D eigenvalue weighted by Gasteiger charge is -2.31. The van der Waals surface area contributed by atoms with Crippen molar-refractivity contribution in [1.29, 1.82) is 0 Å². The summed E-state index contributed by atoms with van der Waals surface area (Å²) in [7, 11) is 0. The molecule has 1 aliphatic heterocycles. The fourth-order valence-electron chi connectivity index (χ4n) is 3.71. The highest BCUT2D eigenvalue weighted by Crippen LogP contribution is 2.24. The van der Waals surface area contributed by atoms with E-state index in [0.29, 0.717) is 42.6 Å². The first-order valence-electron chi connectivity index (χ1n) is 10.5. The molecule has 1 aromatic carbocycles. The highest BCUT2D eigenvalue weighted by molar-refractivity contribution is 7.13. The molecule has 4 rings (SSSR count). The normalized spacial score (nSPS) is 16.4. The predicted octanol–water partition coefficient (Wildman–Crippen LogP) is 3.56. The molecule has 32 heavy (non-hydrogen) atoms. The summed E-state index contributed by atoms with van der Waals surface area (Å²) in [4.78, 5) is 33.0. The number of aromatic nitrogens is 2. The summed E-state index contributed by atoms with van der Waals surface area (Å²) in [5.74, 6) is 0.603. The standard InChI is InChI=1S/C23H25N5O3S/c1-2-11-24-23(30)17-8-3-4-9-18(17)25-22(29)16-7-5-12-28(14-16)15-20-26-21(27-31-20)19-10-6-13-32-19/h2-4,6,8-10,13,16H,1,5,7,11-12,14-15H2,(H,24,30)(H,25,29). The molecule has 3 aromatic rings. The van der Waals surface area contributed by atoms with Crippen LogP contribution in [-0.2, 0) is 11.3 Å². The molecule has 3 heterocycles. The summed E-state index contributed by atoms with van der Waals surface area (Å²) in [6.07, 6.45) is 3.30. The Morgan fingerprint density at radius 3 is 2.97 bits per heavy atom. The van der Waals surface area contributed by atoms with E-state index >= 15 is 0 Å². The SMILES string of the molecule is C=CCNC(=O)c1ccccc1NC(=O)C1CCCN(Cc2nc(-c3cccs3)no2)C1. The van der Waals surface area contributed by atoms with Gasteiger partial charge in [0.25, 0.3) is 5.91 Å². The molecular formula is C23H25N5O3S. The van der Waals surface area contributed by atoms with Gasteiger partial charge < -0.3 is 15.2 Å². The van der Waals surface area contributed by atoms with Gasteiger partial charge in [-0.3, -0.25) is 14.5 Å². The van der Waals surface area contributed by atoms with Crippen LogP contribution in [0.25, 0.3) is 10.7 Å². The quantitative estimate of drug-likeness (QED) is 0.508. The van der Waals surface area contributed by atoms with Crippen molar-refractivity contribution >= 4 is 28.8 Å². The summed E-state index contributed by atoms with van der Waals surface area (Å²) in [5, 5.41) is 11.7. The van der Waals surface area contributed by atoms with Gasteiger partial charge >= 0.3 is 0 Å². The number of thiophene rings is 1. The first kappa shape index (κ1) is 21.9. The number of para-hydroxylation sites is 1. The van der Waals surface area contributed by atoms with Gasteiger partial charge in [0.15, 0.2) is 0 Å². The Morgan fingerprint density at radius 1 is 1.28 bits per heavy atom. The molecule has 166 valence electrons. The number of hydrogen-bond acceptors (Lipinski definition) is 7. The molecule has 1 atom stereocenters. The van der Waals surface area contributed by atoms with Crippen LogP contribution in [0.1, 0.15) is 29.1 Å². The van der Waals surface area contributed by atoms with E-state index < -0.39 is 0 Å². The third-order valence-corrected chi connectivity index (χ3v) is 6.15. The molecule has 0 bridgehead atoms. The smallest absolute Gasteiger partial charge is 0.253 e. The van der Waals surface area contributed by atoms with Gasteiger partial charge in [-0.15, -0.1) is 17.9 Å². The average Bonchev–Trinajstić information content (AvgIpc) is 3.50. The summed E-state index contributed by atoms with van der Waals surface area (Å²) in [6.45, 7) is 5.93. The topological polar surface area (TPSA) is 100 Å². The maximum atomic E-state index is 13.0. The van der Waals surface area contributed by atoms with Crippen molar-refractivity contribution in [2.75, 3.05) is 25.0 Å². The van der Waals surface area contributed by atoms with Crippen LogP contribution in [0.15, 0.2) is 59.0 Å². The summed E-state index contributed by atoms with van der Waals surface area (Å²) in [5.41, 5.74) is 0.941. The van der Waals surface area contributed by atoms with Crippen LogP contribution in [0.3, 0.4) is 0 Å². The molecule has 2 N–H and O–H groups in total. The molecule has 1 saturated heterocycles. The zero-order valence-electron chi connectivity index (χ0n) is 17.6. The van der Waals surface area contributed by atoms with Crippen molar-refractivity contribution < 1.29 is 14.1 Å².